The number of carbonyl (C=O) groups is 4. The summed E-state index contributed by atoms with van der Waals surface area (Å²) in [7, 11) is 3.11. The van der Waals surface area contributed by atoms with Gasteiger partial charge in [0, 0.05) is 44.0 Å². The molecular weight excluding hydrogens is 825 g/mol. The molecule has 4 amide bonds. The van der Waals surface area contributed by atoms with Crippen LogP contribution in [0.2, 0.25) is 0 Å². The molecule has 9 rings (SSSR count). The number of likely N-dealkylation sites (tertiary alicyclic amines) is 2. The smallest absolute Gasteiger partial charge is 0.405 e. The van der Waals surface area contributed by atoms with Crippen molar-refractivity contribution in [2.24, 2.45) is 17.8 Å². The molecule has 6 atom stereocenters. The van der Waals surface area contributed by atoms with Crippen LogP contribution in [0.3, 0.4) is 0 Å². The summed E-state index contributed by atoms with van der Waals surface area (Å²) in [5.41, 5.74) is 6.12. The van der Waals surface area contributed by atoms with E-state index >= 15 is 0 Å². The van der Waals surface area contributed by atoms with E-state index in [-0.39, 0.29) is 54.2 Å². The van der Waals surface area contributed by atoms with Crippen molar-refractivity contribution in [2.45, 2.75) is 57.8 Å². The molecule has 5 N–H and O–H groups in total. The minimum absolute atomic E-state index is 0.0742. The first kappa shape index (κ1) is 43.4. The van der Waals surface area contributed by atoms with Crippen molar-refractivity contribution in [1.82, 2.24) is 40.4 Å². The third-order valence-electron chi connectivity index (χ3n) is 13.0. The molecule has 2 aromatic heterocycles. The predicted octanol–water partition coefficient (Wildman–Crippen LogP) is 7.65. The number of methoxy groups -OCH3 is 2. The minimum atomic E-state index is -1.22. The fourth-order valence-electron chi connectivity index (χ4n) is 9.91. The van der Waals surface area contributed by atoms with Crippen molar-refractivity contribution in [1.29, 1.82) is 0 Å². The van der Waals surface area contributed by atoms with Crippen LogP contribution in [-0.4, -0.2) is 105 Å². The van der Waals surface area contributed by atoms with Crippen LogP contribution in [-0.2, 0) is 23.9 Å². The number of ether oxygens (including phenoxy) is 2. The molecule has 4 heterocycles. The molecule has 336 valence electrons. The molecule has 0 bridgehead atoms. The molecule has 0 spiro atoms. The van der Waals surface area contributed by atoms with Crippen LogP contribution in [0.1, 0.15) is 69.0 Å². The normalized spacial score (nSPS) is 19.7. The lowest BCUT2D eigenvalue weighted by molar-refractivity contribution is -0.138. The number of fused-ring (bicyclic) bond motifs is 6. The highest BCUT2D eigenvalue weighted by Gasteiger charge is 2.42. The summed E-state index contributed by atoms with van der Waals surface area (Å²) in [6.07, 6.45) is 0.147. The Kier molecular flexibility index (Phi) is 12.0. The second kappa shape index (κ2) is 18.0. The zero-order valence-corrected chi connectivity index (χ0v) is 37.1. The fourth-order valence-corrected chi connectivity index (χ4v) is 9.91. The first-order chi connectivity index (χ1) is 31.4. The van der Waals surface area contributed by atoms with Gasteiger partial charge in [-0.05, 0) is 76.4 Å². The zero-order valence-electron chi connectivity index (χ0n) is 37.1. The number of nitrogens with one attached hydrogen (secondary N) is 4. The van der Waals surface area contributed by atoms with Crippen molar-refractivity contribution >= 4 is 67.4 Å². The highest BCUT2D eigenvalue weighted by Crippen LogP contribution is 2.40. The molecule has 15 heteroatoms. The summed E-state index contributed by atoms with van der Waals surface area (Å²) in [6, 6.07) is 27.8. The Balaban J connectivity index is 0.995. The molecule has 65 heavy (non-hydrogen) atoms. The van der Waals surface area contributed by atoms with Gasteiger partial charge < -0.3 is 45.0 Å². The highest BCUT2D eigenvalue weighted by molar-refractivity contribution is 6.07. The van der Waals surface area contributed by atoms with E-state index in [2.05, 4.69) is 76.1 Å². The van der Waals surface area contributed by atoms with E-state index in [0.29, 0.717) is 43.3 Å². The predicted molar refractivity (Wildman–Crippen MR) is 248 cm³/mol. The van der Waals surface area contributed by atoms with Crippen molar-refractivity contribution < 1.29 is 33.8 Å². The van der Waals surface area contributed by atoms with Gasteiger partial charge in [-0.1, -0.05) is 87.5 Å². The maximum absolute atomic E-state index is 14.5. The number of benzene rings is 5. The average molecular weight is 879 g/mol. The van der Waals surface area contributed by atoms with Crippen molar-refractivity contribution in [3.63, 3.8) is 0 Å². The number of imidazole rings is 2. The Labute approximate surface area is 375 Å². The lowest BCUT2D eigenvalue weighted by Crippen LogP contribution is -2.50. The maximum Gasteiger partial charge on any atom is 0.405 e. The highest BCUT2D eigenvalue weighted by atomic mass is 16.5. The van der Waals surface area contributed by atoms with E-state index in [1.165, 1.54) is 7.11 Å². The molecule has 5 aromatic carbocycles. The van der Waals surface area contributed by atoms with Crippen LogP contribution >= 0.6 is 0 Å². The van der Waals surface area contributed by atoms with E-state index < -0.39 is 18.2 Å². The van der Waals surface area contributed by atoms with Gasteiger partial charge in [-0.2, -0.15) is 0 Å². The number of aromatic nitrogens is 4. The van der Waals surface area contributed by atoms with Crippen LogP contribution < -0.4 is 10.6 Å². The SMILES string of the molecule is COCC(=O)N[C@@H](C(=O)N1C[C@@H](COC)C[C@H]1c1nc2c(ccc3cc(-c4ccc5c(ccc6[nH]c([C@@H]7C[C@H](C)CN7C(=O)[C@@H](NC(=O)O)C(C)C)nc65)c4)ccc32)[nH]1)c1ccccc1. The second-order valence-corrected chi connectivity index (χ2v) is 18.0. The number of hydrogen-bond acceptors (Lipinski definition) is 8. The van der Waals surface area contributed by atoms with Crippen molar-refractivity contribution in [2.75, 3.05) is 40.5 Å². The topological polar surface area (TPSA) is 195 Å². The number of carboxylic acid groups (broad SMARTS) is 1. The van der Waals surface area contributed by atoms with Gasteiger partial charge in [0.1, 0.15) is 30.3 Å². The summed E-state index contributed by atoms with van der Waals surface area (Å²) in [5, 5.41) is 18.8. The van der Waals surface area contributed by atoms with Gasteiger partial charge in [0.2, 0.25) is 17.7 Å². The molecule has 2 fully saturated rings. The van der Waals surface area contributed by atoms with Gasteiger partial charge in [0.15, 0.2) is 0 Å². The molecule has 0 unspecified atom stereocenters. The van der Waals surface area contributed by atoms with Crippen LogP contribution in [0.15, 0.2) is 91.0 Å². The lowest BCUT2D eigenvalue weighted by atomic mass is 9.98. The number of amides is 4. The first-order valence-corrected chi connectivity index (χ1v) is 22.2. The first-order valence-electron chi connectivity index (χ1n) is 22.2. The molecule has 2 aliphatic rings. The number of hydrogen-bond donors (Lipinski definition) is 5. The molecule has 0 radical (unpaired) electrons. The summed E-state index contributed by atoms with van der Waals surface area (Å²) < 4.78 is 10.6. The standard InChI is InChI=1S/C50H54N8O7/c1-27(2)42(56-50(62)63)48(60)57-23-28(3)19-39(57)46-51-37-17-13-33-21-31(11-15-35(33)44(37)54-46)32-12-16-36-34(22-32)14-18-38-45(36)55-47(52-38)40-20-29(25-64-4)24-58(40)49(61)43(53-41(59)26-65-5)30-9-7-6-8-10-30/h6-18,21-22,27-29,39-40,42-43,56H,19-20,23-26H2,1-5H3,(H,51,54)(H,52,55)(H,53,59)(H,62,63)/t28-,29-,39-,40-,42-,43+/m0/s1. The van der Waals surface area contributed by atoms with Crippen molar-refractivity contribution in [3.05, 3.63) is 108 Å². The van der Waals surface area contributed by atoms with Gasteiger partial charge in [0.05, 0.1) is 40.8 Å². The quantitative estimate of drug-likeness (QED) is 0.0773. The largest absolute Gasteiger partial charge is 0.465 e. The van der Waals surface area contributed by atoms with Gasteiger partial charge in [0.25, 0.3) is 0 Å². The van der Waals surface area contributed by atoms with Gasteiger partial charge in [-0.3, -0.25) is 14.4 Å². The zero-order chi connectivity index (χ0) is 45.5. The average Bonchev–Trinajstić information content (AvgIpc) is 4.12. The van der Waals surface area contributed by atoms with E-state index in [1.54, 1.807) is 12.0 Å². The van der Waals surface area contributed by atoms with Crippen LogP contribution in [0.5, 0.6) is 0 Å². The third-order valence-corrected chi connectivity index (χ3v) is 13.0. The Hall–Kier alpha value is -6.84. The monoisotopic (exact) mass is 878 g/mol. The van der Waals surface area contributed by atoms with E-state index in [1.807, 2.05) is 61.2 Å². The number of carbonyl (C=O) groups excluding carboxylic acids is 3. The third kappa shape index (κ3) is 8.49. The molecule has 7 aromatic rings. The van der Waals surface area contributed by atoms with Gasteiger partial charge in [-0.25, -0.2) is 14.8 Å². The van der Waals surface area contributed by atoms with Crippen LogP contribution in [0, 0.1) is 17.8 Å². The Morgan fingerprint density at radius 1 is 0.738 bits per heavy atom. The van der Waals surface area contributed by atoms with Gasteiger partial charge >= 0.3 is 6.09 Å². The number of aromatic amines is 2. The summed E-state index contributed by atoms with van der Waals surface area (Å²) in [5.74, 6) is 0.619. The van der Waals surface area contributed by atoms with Crippen molar-refractivity contribution in [3.8, 4) is 11.1 Å². The van der Waals surface area contributed by atoms with E-state index in [9.17, 15) is 24.3 Å². The van der Waals surface area contributed by atoms with Crippen LogP contribution in [0.4, 0.5) is 4.79 Å². The number of nitrogens with zero attached hydrogens (tertiary/aromatic N) is 4. The summed E-state index contributed by atoms with van der Waals surface area (Å²) in [4.78, 5) is 73.4. The molecule has 0 aliphatic carbocycles. The Bertz CT molecular complexity index is 2930. The maximum atomic E-state index is 14.5. The molecule has 15 nitrogen and oxygen atoms in total. The van der Waals surface area contributed by atoms with E-state index in [0.717, 1.165) is 61.2 Å². The lowest BCUT2D eigenvalue weighted by Gasteiger charge is -2.29. The second-order valence-electron chi connectivity index (χ2n) is 18.0. The minimum Gasteiger partial charge on any atom is -0.465 e. The van der Waals surface area contributed by atoms with Gasteiger partial charge in [-0.15, -0.1) is 0 Å². The molecule has 2 saturated heterocycles. The Morgan fingerprint density at radius 3 is 1.88 bits per heavy atom. The van der Waals surface area contributed by atoms with Crippen LogP contribution in [0.25, 0.3) is 54.7 Å². The summed E-state index contributed by atoms with van der Waals surface area (Å²) >= 11 is 0. The summed E-state index contributed by atoms with van der Waals surface area (Å²) in [6.45, 7) is 7.07. The molecule has 0 saturated carbocycles. The fraction of sp³-hybridized carbons (Fsp3) is 0.360. The number of rotatable bonds is 13. The molecule has 2 aliphatic heterocycles. The van der Waals surface area contributed by atoms with E-state index in [4.69, 9.17) is 19.4 Å². The number of H-pyrrole nitrogens is 2. The molecular formula is C50H54N8O7. The Morgan fingerprint density at radius 2 is 1.32 bits per heavy atom.